The number of carbonyl (C=O) groups is 1. The fourth-order valence-electron chi connectivity index (χ4n) is 3.69. The van der Waals surface area contributed by atoms with E-state index in [9.17, 15) is 13.2 Å². The first-order chi connectivity index (χ1) is 13.5. The second kappa shape index (κ2) is 6.42. The number of amides is 1. The molecular formula is C20H17N3O3S2. The summed E-state index contributed by atoms with van der Waals surface area (Å²) >= 11 is 1.39. The molecule has 2 aromatic carbocycles. The van der Waals surface area contributed by atoms with Crippen LogP contribution in [0, 0.1) is 0 Å². The summed E-state index contributed by atoms with van der Waals surface area (Å²) in [6.45, 7) is 0. The number of rotatable bonds is 3. The van der Waals surface area contributed by atoms with Gasteiger partial charge in [-0.05, 0) is 48.6 Å². The minimum atomic E-state index is -3.75. The minimum Gasteiger partial charge on any atom is -0.326 e. The van der Waals surface area contributed by atoms with Crippen molar-refractivity contribution >= 4 is 38.1 Å². The van der Waals surface area contributed by atoms with Gasteiger partial charge in [-0.15, -0.1) is 11.3 Å². The molecule has 0 saturated carbocycles. The smallest absolute Gasteiger partial charge is 0.263 e. The third-order valence-corrected chi connectivity index (χ3v) is 7.59. The lowest BCUT2D eigenvalue weighted by Gasteiger charge is -2.17. The molecule has 2 N–H and O–H groups in total. The van der Waals surface area contributed by atoms with Crippen molar-refractivity contribution in [1.29, 1.82) is 0 Å². The van der Waals surface area contributed by atoms with Crippen LogP contribution in [0.2, 0.25) is 0 Å². The molecule has 0 spiro atoms. The second-order valence-electron chi connectivity index (χ2n) is 6.92. The zero-order valence-electron chi connectivity index (χ0n) is 14.9. The van der Waals surface area contributed by atoms with Crippen LogP contribution in [-0.2, 0) is 34.1 Å². The summed E-state index contributed by atoms with van der Waals surface area (Å²) in [5, 5.41) is 3.15. The summed E-state index contributed by atoms with van der Waals surface area (Å²) in [5.74, 6) is -0.0464. The number of thiazole rings is 1. The molecule has 142 valence electrons. The van der Waals surface area contributed by atoms with Crippen molar-refractivity contribution in [2.75, 3.05) is 10.0 Å². The predicted octanol–water partition coefficient (Wildman–Crippen LogP) is 3.59. The summed E-state index contributed by atoms with van der Waals surface area (Å²) in [6.07, 6.45) is 2.70. The van der Waals surface area contributed by atoms with Crippen molar-refractivity contribution in [2.24, 2.45) is 0 Å². The zero-order valence-corrected chi connectivity index (χ0v) is 16.5. The molecule has 5 rings (SSSR count). The lowest BCUT2D eigenvalue weighted by Crippen LogP contribution is -2.20. The van der Waals surface area contributed by atoms with E-state index >= 15 is 0 Å². The van der Waals surface area contributed by atoms with E-state index in [1.165, 1.54) is 23.0 Å². The highest BCUT2D eigenvalue weighted by molar-refractivity contribution is 7.93. The van der Waals surface area contributed by atoms with Crippen molar-refractivity contribution in [2.45, 2.75) is 30.6 Å². The van der Waals surface area contributed by atoms with Crippen molar-refractivity contribution in [3.63, 3.8) is 0 Å². The first-order valence-electron chi connectivity index (χ1n) is 9.03. The molecule has 6 nitrogen and oxygen atoms in total. The van der Waals surface area contributed by atoms with Gasteiger partial charge in [0.25, 0.3) is 10.0 Å². The molecule has 1 aliphatic heterocycles. The Morgan fingerprint density at radius 1 is 1.00 bits per heavy atom. The number of anilines is 2. The van der Waals surface area contributed by atoms with Crippen LogP contribution >= 0.6 is 11.3 Å². The minimum absolute atomic E-state index is 0.0464. The topological polar surface area (TPSA) is 88.2 Å². The molecule has 0 saturated heterocycles. The van der Waals surface area contributed by atoms with Crippen LogP contribution in [0.1, 0.15) is 22.4 Å². The number of benzene rings is 2. The molecule has 1 aliphatic carbocycles. The number of nitrogens with zero attached hydrogens (tertiary/aromatic N) is 1. The van der Waals surface area contributed by atoms with Gasteiger partial charge in [-0.1, -0.05) is 24.3 Å². The summed E-state index contributed by atoms with van der Waals surface area (Å²) in [6, 6.07) is 12.9. The molecule has 28 heavy (non-hydrogen) atoms. The maximum absolute atomic E-state index is 12.9. The SMILES string of the molecule is O=C1CCc2cc(S(=O)(=O)Nc3nc4c(s3)CCc3ccccc3-4)ccc2N1. The number of aromatic nitrogens is 1. The molecule has 2 aliphatic rings. The Labute approximate surface area is 166 Å². The third-order valence-electron chi connectivity index (χ3n) is 5.10. The molecule has 2 heterocycles. The molecular weight excluding hydrogens is 394 g/mol. The van der Waals surface area contributed by atoms with Gasteiger partial charge in [-0.3, -0.25) is 9.52 Å². The summed E-state index contributed by atoms with van der Waals surface area (Å²) in [7, 11) is -3.75. The number of fused-ring (bicyclic) bond motifs is 4. The summed E-state index contributed by atoms with van der Waals surface area (Å²) in [4.78, 5) is 17.3. The highest BCUT2D eigenvalue weighted by Crippen LogP contribution is 2.38. The molecule has 1 aromatic heterocycles. The molecule has 0 radical (unpaired) electrons. The van der Waals surface area contributed by atoms with Crippen molar-refractivity contribution in [3.8, 4) is 11.3 Å². The van der Waals surface area contributed by atoms with E-state index in [2.05, 4.69) is 21.1 Å². The van der Waals surface area contributed by atoms with Gasteiger partial charge in [0, 0.05) is 22.5 Å². The maximum Gasteiger partial charge on any atom is 0.263 e. The number of hydrogen-bond acceptors (Lipinski definition) is 5. The van der Waals surface area contributed by atoms with E-state index in [0.29, 0.717) is 23.7 Å². The van der Waals surface area contributed by atoms with Crippen LogP contribution in [0.25, 0.3) is 11.3 Å². The molecule has 3 aromatic rings. The summed E-state index contributed by atoms with van der Waals surface area (Å²) in [5.41, 5.74) is 4.70. The first-order valence-corrected chi connectivity index (χ1v) is 11.3. The van der Waals surface area contributed by atoms with Gasteiger partial charge in [0.15, 0.2) is 5.13 Å². The largest absolute Gasteiger partial charge is 0.326 e. The standard InChI is InChI=1S/C20H17N3O3S2/c24-18-10-6-13-11-14(7-8-16(13)21-18)28(25,26)23-20-22-19-15-4-2-1-3-12(15)5-9-17(19)27-20/h1-4,7-8,11H,5-6,9-10H2,(H,21,24)(H,22,23). The lowest BCUT2D eigenvalue weighted by atomic mass is 9.94. The number of aryl methyl sites for hydroxylation is 3. The lowest BCUT2D eigenvalue weighted by molar-refractivity contribution is -0.116. The molecule has 8 heteroatoms. The Balaban J connectivity index is 1.46. The van der Waals surface area contributed by atoms with Gasteiger partial charge in [0.05, 0.1) is 10.6 Å². The first kappa shape index (κ1) is 17.4. The van der Waals surface area contributed by atoms with Gasteiger partial charge < -0.3 is 5.32 Å². The van der Waals surface area contributed by atoms with Crippen LogP contribution < -0.4 is 10.0 Å². The quantitative estimate of drug-likeness (QED) is 0.689. The molecule has 0 atom stereocenters. The van der Waals surface area contributed by atoms with E-state index in [0.717, 1.165) is 34.5 Å². The van der Waals surface area contributed by atoms with E-state index in [-0.39, 0.29) is 10.8 Å². The number of hydrogen-bond donors (Lipinski definition) is 2. The van der Waals surface area contributed by atoms with E-state index in [4.69, 9.17) is 0 Å². The van der Waals surface area contributed by atoms with Crippen LogP contribution in [-0.4, -0.2) is 19.3 Å². The Bertz CT molecular complexity index is 1220. The van der Waals surface area contributed by atoms with Crippen LogP contribution in [0.15, 0.2) is 47.4 Å². The van der Waals surface area contributed by atoms with Gasteiger partial charge in [0.1, 0.15) is 0 Å². The maximum atomic E-state index is 12.9. The highest BCUT2D eigenvalue weighted by atomic mass is 32.2. The number of carbonyl (C=O) groups excluding carboxylic acids is 1. The zero-order chi connectivity index (χ0) is 19.3. The van der Waals surface area contributed by atoms with Crippen molar-refractivity contribution in [1.82, 2.24) is 4.98 Å². The van der Waals surface area contributed by atoms with Gasteiger partial charge in [-0.25, -0.2) is 13.4 Å². The number of nitrogens with one attached hydrogen (secondary N) is 2. The fraction of sp³-hybridized carbons (Fsp3) is 0.200. The van der Waals surface area contributed by atoms with E-state index < -0.39 is 10.0 Å². The van der Waals surface area contributed by atoms with Crippen molar-refractivity contribution in [3.05, 3.63) is 58.5 Å². The van der Waals surface area contributed by atoms with E-state index in [1.54, 1.807) is 12.1 Å². The Hall–Kier alpha value is -2.71. The van der Waals surface area contributed by atoms with Gasteiger partial charge in [-0.2, -0.15) is 0 Å². The Morgan fingerprint density at radius 2 is 1.82 bits per heavy atom. The Kier molecular flexibility index (Phi) is 3.99. The van der Waals surface area contributed by atoms with E-state index in [1.807, 2.05) is 18.2 Å². The molecule has 0 fully saturated rings. The predicted molar refractivity (Wildman–Crippen MR) is 109 cm³/mol. The monoisotopic (exact) mass is 411 g/mol. The van der Waals surface area contributed by atoms with Gasteiger partial charge >= 0.3 is 0 Å². The molecule has 1 amide bonds. The average molecular weight is 412 g/mol. The normalized spacial score (nSPS) is 15.2. The summed E-state index contributed by atoms with van der Waals surface area (Å²) < 4.78 is 28.4. The Morgan fingerprint density at radius 3 is 2.71 bits per heavy atom. The second-order valence-corrected chi connectivity index (χ2v) is 9.69. The fourth-order valence-corrected chi connectivity index (χ4v) is 5.95. The van der Waals surface area contributed by atoms with Crippen LogP contribution in [0.3, 0.4) is 0 Å². The van der Waals surface area contributed by atoms with Crippen LogP contribution in [0.4, 0.5) is 10.8 Å². The average Bonchev–Trinajstić information content (AvgIpc) is 3.09. The molecule has 0 unspecified atom stereocenters. The van der Waals surface area contributed by atoms with Crippen LogP contribution in [0.5, 0.6) is 0 Å². The third kappa shape index (κ3) is 2.98. The van der Waals surface area contributed by atoms with Crippen molar-refractivity contribution < 1.29 is 13.2 Å². The number of sulfonamides is 1. The highest BCUT2D eigenvalue weighted by Gasteiger charge is 2.24. The van der Waals surface area contributed by atoms with Gasteiger partial charge in [0.2, 0.25) is 5.91 Å². The molecule has 0 bridgehead atoms.